The maximum absolute atomic E-state index is 14.0. The molecule has 2 aliphatic heterocycles. The predicted molar refractivity (Wildman–Crippen MR) is 250 cm³/mol. The van der Waals surface area contributed by atoms with Crippen molar-refractivity contribution < 1.29 is 27.3 Å². The van der Waals surface area contributed by atoms with Crippen molar-refractivity contribution in [3.05, 3.63) is 119 Å². The number of nitrogens with one attached hydrogen (secondary N) is 2. The van der Waals surface area contributed by atoms with Crippen LogP contribution in [0.25, 0.3) is 5.57 Å². The topological polar surface area (TPSA) is 83.1 Å². The minimum atomic E-state index is -4.97. The van der Waals surface area contributed by atoms with E-state index in [0.29, 0.717) is 35.8 Å². The smallest absolute Gasteiger partial charge is 0.578 e. The Kier molecular flexibility index (Phi) is 16.2. The summed E-state index contributed by atoms with van der Waals surface area (Å²) in [7, 11) is 0. The van der Waals surface area contributed by atoms with E-state index in [1.165, 1.54) is 28.8 Å². The van der Waals surface area contributed by atoms with E-state index in [1.807, 2.05) is 54.6 Å². The van der Waals surface area contributed by atoms with Gasteiger partial charge in [0.2, 0.25) is 0 Å². The molecule has 62 heavy (non-hydrogen) atoms. The number of alkyl halides is 3. The second kappa shape index (κ2) is 21.6. The van der Waals surface area contributed by atoms with Gasteiger partial charge in [-0.05, 0) is 115 Å². The van der Waals surface area contributed by atoms with Crippen molar-refractivity contribution in [3.63, 3.8) is 0 Å². The summed E-state index contributed by atoms with van der Waals surface area (Å²) in [6.45, 7) is 12.9. The second-order valence-corrected chi connectivity index (χ2v) is 20.7. The van der Waals surface area contributed by atoms with Crippen molar-refractivity contribution in [3.8, 4) is 0 Å². The number of carbonyl (C=O) groups is 1. The molecule has 2 atom stereocenters. The minimum absolute atomic E-state index is 0.158. The van der Waals surface area contributed by atoms with Gasteiger partial charge in [-0.1, -0.05) is 61.4 Å². The van der Waals surface area contributed by atoms with Crippen LogP contribution in [0.1, 0.15) is 55.5 Å². The Balaban J connectivity index is 0.956. The van der Waals surface area contributed by atoms with Crippen LogP contribution in [-0.4, -0.2) is 103 Å². The number of hydrogen-bond donors (Lipinski definition) is 2. The van der Waals surface area contributed by atoms with Crippen LogP contribution in [0.3, 0.4) is 0 Å². The number of allylic oxidation sites excluding steroid dienone is 1. The minimum Gasteiger partial charge on any atom is -0.604 e. The molecule has 1 amide bonds. The van der Waals surface area contributed by atoms with Gasteiger partial charge < -0.3 is 19.5 Å². The molecule has 7 rings (SSSR count). The fraction of sp³-hybridized carbons (Fsp3) is 0.426. The summed E-state index contributed by atoms with van der Waals surface area (Å²) < 4.78 is 63.3. The molecule has 0 bridgehead atoms. The third-order valence-electron chi connectivity index (χ3n) is 11.7. The van der Waals surface area contributed by atoms with Crippen LogP contribution >= 0.6 is 35.3 Å². The summed E-state index contributed by atoms with van der Waals surface area (Å²) >= 11 is 5.42. The molecule has 2 N–H and O–H groups in total. The van der Waals surface area contributed by atoms with Crippen LogP contribution < -0.4 is 14.9 Å². The fourth-order valence-corrected chi connectivity index (χ4v) is 10.9. The summed E-state index contributed by atoms with van der Waals surface area (Å²) in [6.07, 6.45) is 3.98. The van der Waals surface area contributed by atoms with Gasteiger partial charge in [-0.25, -0.2) is 0 Å². The molecule has 0 aromatic heterocycles. The van der Waals surface area contributed by atoms with E-state index < -0.39 is 16.7 Å². The first-order valence-electron chi connectivity index (χ1n) is 21.2. The van der Waals surface area contributed by atoms with Crippen LogP contribution in [0.5, 0.6) is 0 Å². The van der Waals surface area contributed by atoms with Crippen molar-refractivity contribution >= 4 is 69.3 Å². The van der Waals surface area contributed by atoms with E-state index in [2.05, 4.69) is 50.7 Å². The lowest BCUT2D eigenvalue weighted by molar-refractivity contribution is -0.0435. The van der Waals surface area contributed by atoms with E-state index in [1.54, 1.807) is 30.0 Å². The third-order valence-corrected chi connectivity index (χ3v) is 15.1. The Bertz CT molecular complexity index is 2120. The van der Waals surface area contributed by atoms with E-state index >= 15 is 0 Å². The second-order valence-electron chi connectivity index (χ2n) is 16.9. The summed E-state index contributed by atoms with van der Waals surface area (Å²) in [4.78, 5) is 21.5. The largest absolute Gasteiger partial charge is 0.604 e. The highest BCUT2D eigenvalue weighted by atomic mass is 35.5. The van der Waals surface area contributed by atoms with Gasteiger partial charge in [0.1, 0.15) is 11.2 Å². The number of morpholine rings is 1. The molecule has 0 radical (unpaired) electrons. The number of piperazine rings is 1. The van der Waals surface area contributed by atoms with Crippen LogP contribution in [0.2, 0.25) is 5.02 Å². The Morgan fingerprint density at radius 2 is 1.61 bits per heavy atom. The van der Waals surface area contributed by atoms with E-state index in [0.717, 1.165) is 99.2 Å². The standard InChI is InChI=1S/C47H55ClF3N5O3S3/c1-46(2)20-18-42(34-8-12-37(48)13-9-34)36(31-46)32-55-22-24-56(25-23-55)39-14-10-35(11-15-39)45(57)53-61-41-16-17-43(44(30-41)62(58)47(49,50)51)52-38(19-21-54-26-28-59-29-27-54)33-60-40-6-4-3-5-7-40/h3-17,30,38,52H,18-29,31-33H2,1-2H3,(H,53,57). The number of ether oxygens (including phenoxy) is 1. The number of rotatable bonds is 16. The molecule has 0 spiro atoms. The van der Waals surface area contributed by atoms with Crippen molar-refractivity contribution in [1.29, 1.82) is 0 Å². The van der Waals surface area contributed by atoms with Gasteiger partial charge in [-0.15, -0.1) is 24.9 Å². The Morgan fingerprint density at radius 3 is 2.31 bits per heavy atom. The van der Waals surface area contributed by atoms with Crippen LogP contribution in [0.4, 0.5) is 24.5 Å². The van der Waals surface area contributed by atoms with Gasteiger partial charge in [-0.2, -0.15) is 0 Å². The molecule has 1 aliphatic carbocycles. The van der Waals surface area contributed by atoms with E-state index in [4.69, 9.17) is 16.3 Å². The van der Waals surface area contributed by atoms with Gasteiger partial charge in [-0.3, -0.25) is 19.3 Å². The molecule has 15 heteroatoms. The summed E-state index contributed by atoms with van der Waals surface area (Å²) in [5, 5.41) is 4.06. The first kappa shape index (κ1) is 46.6. The maximum atomic E-state index is 14.0. The zero-order valence-corrected chi connectivity index (χ0v) is 38.4. The Hall–Kier alpha value is -3.34. The van der Waals surface area contributed by atoms with E-state index in [9.17, 15) is 22.5 Å². The lowest BCUT2D eigenvalue weighted by Gasteiger charge is -2.39. The molecule has 4 aromatic rings. The molecule has 2 fully saturated rings. The fourth-order valence-electron chi connectivity index (χ4n) is 8.24. The first-order chi connectivity index (χ1) is 29.8. The van der Waals surface area contributed by atoms with Crippen LogP contribution in [0.15, 0.2) is 117 Å². The summed E-state index contributed by atoms with van der Waals surface area (Å²) in [5.41, 5.74) is 1.15. The zero-order chi connectivity index (χ0) is 43.7. The summed E-state index contributed by atoms with van der Waals surface area (Å²) in [6, 6.07) is 29.7. The van der Waals surface area contributed by atoms with Gasteiger partial charge in [0.15, 0.2) is 4.90 Å². The van der Waals surface area contributed by atoms with Crippen molar-refractivity contribution in [1.82, 2.24) is 14.5 Å². The van der Waals surface area contributed by atoms with Gasteiger partial charge in [0.05, 0.1) is 18.9 Å². The summed E-state index contributed by atoms with van der Waals surface area (Å²) in [5.74, 6) is 0.214. The lowest BCUT2D eigenvalue weighted by Crippen LogP contribution is -2.47. The number of hydrogen-bond acceptors (Lipinski definition) is 9. The van der Waals surface area contributed by atoms with E-state index in [-0.39, 0.29) is 27.9 Å². The quantitative estimate of drug-likeness (QED) is 0.0649. The highest BCUT2D eigenvalue weighted by Gasteiger charge is 2.47. The molecular weight excluding hydrogens is 871 g/mol. The number of carbonyl (C=O) groups excluding carboxylic acids is 1. The van der Waals surface area contributed by atoms with Crippen LogP contribution in [0, 0.1) is 5.41 Å². The molecular formula is C47H55ClF3N5O3S3. The molecule has 2 heterocycles. The molecule has 4 aromatic carbocycles. The third kappa shape index (κ3) is 13.1. The highest BCUT2D eigenvalue weighted by molar-refractivity contribution is 7.99. The molecule has 3 aliphatic rings. The molecule has 2 saturated heterocycles. The predicted octanol–water partition coefficient (Wildman–Crippen LogP) is 10.5. The number of benzene rings is 4. The van der Waals surface area contributed by atoms with Crippen LogP contribution in [-0.2, 0) is 15.9 Å². The van der Waals surface area contributed by atoms with Crippen molar-refractivity contribution in [2.45, 2.75) is 65.8 Å². The molecule has 8 nitrogen and oxygen atoms in total. The Labute approximate surface area is 380 Å². The number of amides is 1. The SMILES string of the molecule is CC1(C)CCC(c2ccc(Cl)cc2)=C(CN2CCN(c3ccc(C(=O)NSc4ccc(NC(CCN5CCOCC5)CSc5ccccc5)c([S+]([O-])C(F)(F)F)c4)cc3)CC2)C1. The number of thioether (sulfide) groups is 1. The lowest BCUT2D eigenvalue weighted by atomic mass is 9.73. The van der Waals surface area contributed by atoms with Crippen molar-refractivity contribution in [2.24, 2.45) is 5.41 Å². The highest BCUT2D eigenvalue weighted by Crippen LogP contribution is 2.43. The monoisotopic (exact) mass is 925 g/mol. The number of anilines is 2. The molecule has 332 valence electrons. The Morgan fingerprint density at radius 1 is 0.903 bits per heavy atom. The van der Waals surface area contributed by atoms with Gasteiger partial charge in [0.25, 0.3) is 5.91 Å². The zero-order valence-electron chi connectivity index (χ0n) is 35.2. The first-order valence-corrected chi connectivity index (χ1v) is 24.5. The molecule has 2 unspecified atom stereocenters. The van der Waals surface area contributed by atoms with Gasteiger partial charge in [0, 0.05) is 96.3 Å². The molecule has 0 saturated carbocycles. The number of nitrogens with zero attached hydrogens (tertiary/aromatic N) is 3. The average molecular weight is 927 g/mol. The average Bonchev–Trinajstić information content (AvgIpc) is 3.27. The maximum Gasteiger partial charge on any atom is 0.578 e. The van der Waals surface area contributed by atoms with Gasteiger partial charge >= 0.3 is 5.51 Å². The van der Waals surface area contributed by atoms with Crippen molar-refractivity contribution in [2.75, 3.05) is 81.5 Å². The number of halogens is 4. The normalized spacial score (nSPS) is 18.7.